The number of hydrogen-bond acceptors (Lipinski definition) is 5. The molecule has 0 aliphatic heterocycles. The van der Waals surface area contributed by atoms with E-state index in [1.807, 2.05) is 60.7 Å². The molecular formula is C22H19NO4S. The van der Waals surface area contributed by atoms with E-state index in [1.54, 1.807) is 18.2 Å². The Morgan fingerprint density at radius 2 is 1.46 bits per heavy atom. The second kappa shape index (κ2) is 9.71. The van der Waals surface area contributed by atoms with Gasteiger partial charge < -0.3 is 4.74 Å². The van der Waals surface area contributed by atoms with Crippen LogP contribution in [0.4, 0.5) is 5.69 Å². The van der Waals surface area contributed by atoms with Crippen LogP contribution in [0, 0.1) is 10.1 Å². The highest BCUT2D eigenvalue weighted by molar-refractivity contribution is 8.00. The lowest BCUT2D eigenvalue weighted by molar-refractivity contribution is -0.387. The monoisotopic (exact) mass is 393 g/mol. The number of nitrogens with zero attached hydrogens (tertiary/aromatic N) is 1. The Bertz CT molecular complexity index is 932. The Hall–Kier alpha value is -3.12. The summed E-state index contributed by atoms with van der Waals surface area (Å²) in [6, 6.07) is 25.4. The second-order valence-electron chi connectivity index (χ2n) is 6.11. The number of rotatable bonds is 8. The van der Waals surface area contributed by atoms with Gasteiger partial charge >= 0.3 is 5.97 Å². The minimum atomic E-state index is -0.591. The minimum absolute atomic E-state index is 0.0126. The van der Waals surface area contributed by atoms with Crippen molar-refractivity contribution in [2.45, 2.75) is 23.2 Å². The van der Waals surface area contributed by atoms with E-state index in [-0.39, 0.29) is 12.3 Å². The van der Waals surface area contributed by atoms with Crippen LogP contribution >= 0.6 is 11.8 Å². The lowest BCUT2D eigenvalue weighted by Crippen LogP contribution is -2.23. The van der Waals surface area contributed by atoms with Gasteiger partial charge in [0.15, 0.2) is 0 Å². The Labute approximate surface area is 167 Å². The summed E-state index contributed by atoms with van der Waals surface area (Å²) in [4.78, 5) is 24.1. The minimum Gasteiger partial charge on any atom is -0.460 e. The molecule has 3 rings (SSSR count). The summed E-state index contributed by atoms with van der Waals surface area (Å²) in [7, 11) is 0. The van der Waals surface area contributed by atoms with Gasteiger partial charge in [-0.2, -0.15) is 0 Å². The Balaban J connectivity index is 1.78. The highest BCUT2D eigenvalue weighted by Gasteiger charge is 2.25. The summed E-state index contributed by atoms with van der Waals surface area (Å²) in [6.07, 6.45) is 0.422. The number of para-hydroxylation sites is 1. The van der Waals surface area contributed by atoms with Gasteiger partial charge in [-0.3, -0.25) is 14.9 Å². The smallest absolute Gasteiger partial charge is 0.320 e. The van der Waals surface area contributed by atoms with Gasteiger partial charge in [-0.05, 0) is 23.6 Å². The molecule has 1 unspecified atom stereocenters. The topological polar surface area (TPSA) is 69.4 Å². The summed E-state index contributed by atoms with van der Waals surface area (Å²) in [6.45, 7) is 0.169. The first-order valence-corrected chi connectivity index (χ1v) is 9.66. The summed E-state index contributed by atoms with van der Waals surface area (Å²) in [5.41, 5.74) is 1.85. The molecule has 6 heteroatoms. The van der Waals surface area contributed by atoms with Crippen LogP contribution in [0.25, 0.3) is 0 Å². The Morgan fingerprint density at radius 3 is 2.11 bits per heavy atom. The first kappa shape index (κ1) is 19.6. The fourth-order valence-corrected chi connectivity index (χ4v) is 3.85. The molecular weight excluding hydrogens is 374 g/mol. The lowest BCUT2D eigenvalue weighted by Gasteiger charge is -2.16. The molecule has 0 aliphatic rings. The lowest BCUT2D eigenvalue weighted by atomic mass is 10.1. The van der Waals surface area contributed by atoms with Crippen molar-refractivity contribution in [3.63, 3.8) is 0 Å². The van der Waals surface area contributed by atoms with Gasteiger partial charge in [0, 0.05) is 6.07 Å². The molecule has 1 atom stereocenters. The zero-order chi connectivity index (χ0) is 19.8. The molecule has 0 fully saturated rings. The van der Waals surface area contributed by atoms with Gasteiger partial charge in [-0.1, -0.05) is 72.8 Å². The molecule has 5 nitrogen and oxygen atoms in total. The molecule has 3 aromatic rings. The van der Waals surface area contributed by atoms with Crippen LogP contribution in [0.2, 0.25) is 0 Å². The van der Waals surface area contributed by atoms with Gasteiger partial charge in [0.1, 0.15) is 11.9 Å². The average Bonchev–Trinajstić information content (AvgIpc) is 2.73. The molecule has 0 aliphatic carbocycles. The molecule has 0 saturated carbocycles. The molecule has 0 radical (unpaired) electrons. The third-order valence-electron chi connectivity index (χ3n) is 4.08. The Kier molecular flexibility index (Phi) is 6.81. The standard InChI is InChI=1S/C22H19NO4S/c24-22(27-16-18-11-5-2-6-12-18)21(15-17-9-3-1-4-10-17)28-20-14-8-7-13-19(20)23(25)26/h1-14,21H,15-16H2. The quantitative estimate of drug-likeness (QED) is 0.232. The van der Waals surface area contributed by atoms with Crippen LogP contribution in [-0.2, 0) is 22.6 Å². The average molecular weight is 393 g/mol. The van der Waals surface area contributed by atoms with Crippen LogP contribution < -0.4 is 0 Å². The fraction of sp³-hybridized carbons (Fsp3) is 0.136. The molecule has 3 aromatic carbocycles. The SMILES string of the molecule is O=C(OCc1ccccc1)C(Cc1ccccc1)Sc1ccccc1[N+](=O)[O-]. The predicted octanol–water partition coefficient (Wildman–Crippen LogP) is 5.04. The van der Waals surface area contributed by atoms with E-state index in [9.17, 15) is 14.9 Å². The van der Waals surface area contributed by atoms with Crippen molar-refractivity contribution in [3.8, 4) is 0 Å². The number of carbonyl (C=O) groups excluding carboxylic acids is 1. The van der Waals surface area contributed by atoms with E-state index in [0.29, 0.717) is 11.3 Å². The molecule has 0 spiro atoms. The summed E-state index contributed by atoms with van der Waals surface area (Å²) >= 11 is 1.17. The highest BCUT2D eigenvalue weighted by Crippen LogP contribution is 2.34. The number of esters is 1. The van der Waals surface area contributed by atoms with E-state index in [1.165, 1.54) is 17.8 Å². The number of thioether (sulfide) groups is 1. The van der Waals surface area contributed by atoms with Gasteiger partial charge in [-0.25, -0.2) is 0 Å². The number of hydrogen-bond donors (Lipinski definition) is 0. The van der Waals surface area contributed by atoms with Crippen LogP contribution in [0.1, 0.15) is 11.1 Å². The first-order chi connectivity index (χ1) is 13.6. The molecule has 0 amide bonds. The Morgan fingerprint density at radius 1 is 0.893 bits per heavy atom. The van der Waals surface area contributed by atoms with Crippen LogP contribution in [-0.4, -0.2) is 16.1 Å². The van der Waals surface area contributed by atoms with Crippen LogP contribution in [0.5, 0.6) is 0 Å². The number of ether oxygens (including phenoxy) is 1. The van der Waals surface area contributed by atoms with Crippen LogP contribution in [0.3, 0.4) is 0 Å². The zero-order valence-corrected chi connectivity index (χ0v) is 15.9. The number of benzene rings is 3. The maximum absolute atomic E-state index is 12.8. The van der Waals surface area contributed by atoms with Crippen molar-refractivity contribution in [2.75, 3.05) is 0 Å². The van der Waals surface area contributed by atoms with Crippen molar-refractivity contribution in [3.05, 3.63) is 106 Å². The molecule has 0 heterocycles. The summed E-state index contributed by atoms with van der Waals surface area (Å²) in [5, 5.41) is 10.7. The van der Waals surface area contributed by atoms with Gasteiger partial charge in [0.2, 0.25) is 0 Å². The largest absolute Gasteiger partial charge is 0.460 e. The predicted molar refractivity (Wildman–Crippen MR) is 109 cm³/mol. The summed E-state index contributed by atoms with van der Waals surface area (Å²) in [5.74, 6) is -0.393. The van der Waals surface area contributed by atoms with Crippen molar-refractivity contribution >= 4 is 23.4 Å². The fourth-order valence-electron chi connectivity index (χ4n) is 2.68. The van der Waals surface area contributed by atoms with E-state index in [2.05, 4.69) is 0 Å². The van der Waals surface area contributed by atoms with Crippen molar-refractivity contribution in [1.82, 2.24) is 0 Å². The number of nitro groups is 1. The molecule has 0 saturated heterocycles. The second-order valence-corrected chi connectivity index (χ2v) is 7.36. The van der Waals surface area contributed by atoms with Crippen molar-refractivity contribution in [2.24, 2.45) is 0 Å². The van der Waals surface area contributed by atoms with Gasteiger partial charge in [0.25, 0.3) is 5.69 Å². The molecule has 0 bridgehead atoms. The van der Waals surface area contributed by atoms with Crippen molar-refractivity contribution < 1.29 is 14.5 Å². The van der Waals surface area contributed by atoms with Gasteiger partial charge in [-0.15, -0.1) is 11.8 Å². The van der Waals surface area contributed by atoms with E-state index in [0.717, 1.165) is 11.1 Å². The normalized spacial score (nSPS) is 11.6. The highest BCUT2D eigenvalue weighted by atomic mass is 32.2. The van der Waals surface area contributed by atoms with Gasteiger partial charge in [0.05, 0.1) is 9.82 Å². The van der Waals surface area contributed by atoms with E-state index >= 15 is 0 Å². The first-order valence-electron chi connectivity index (χ1n) is 8.78. The summed E-state index contributed by atoms with van der Waals surface area (Å²) < 4.78 is 5.51. The third kappa shape index (κ3) is 5.44. The number of carbonyl (C=O) groups is 1. The molecule has 142 valence electrons. The van der Waals surface area contributed by atoms with E-state index in [4.69, 9.17) is 4.74 Å². The molecule has 0 N–H and O–H groups in total. The van der Waals surface area contributed by atoms with Crippen LogP contribution in [0.15, 0.2) is 89.8 Å². The maximum atomic E-state index is 12.8. The van der Waals surface area contributed by atoms with Crippen molar-refractivity contribution in [1.29, 1.82) is 0 Å². The zero-order valence-electron chi connectivity index (χ0n) is 15.1. The van der Waals surface area contributed by atoms with E-state index < -0.39 is 16.1 Å². The molecule has 0 aromatic heterocycles. The maximum Gasteiger partial charge on any atom is 0.320 e. The molecule has 28 heavy (non-hydrogen) atoms. The third-order valence-corrected chi connectivity index (χ3v) is 5.32. The number of nitro benzene ring substituents is 1.